The average Bonchev–Trinajstić information content (AvgIpc) is 2.79. The summed E-state index contributed by atoms with van der Waals surface area (Å²) in [6.45, 7) is 5.11. The number of esters is 1. The van der Waals surface area contributed by atoms with Gasteiger partial charge in [0.05, 0.1) is 24.3 Å². The molecule has 3 rings (SSSR count). The number of nitrogens with one attached hydrogen (secondary N) is 2. The predicted octanol–water partition coefficient (Wildman–Crippen LogP) is 5.83. The maximum absolute atomic E-state index is 13.4. The van der Waals surface area contributed by atoms with Crippen LogP contribution in [0.5, 0.6) is 0 Å². The second-order valence-corrected chi connectivity index (χ2v) is 10.00. The lowest BCUT2D eigenvalue weighted by Gasteiger charge is -2.33. The van der Waals surface area contributed by atoms with Crippen molar-refractivity contribution in [1.29, 1.82) is 0 Å². The maximum atomic E-state index is 13.4. The zero-order valence-corrected chi connectivity index (χ0v) is 20.7. The van der Waals surface area contributed by atoms with E-state index in [1.807, 2.05) is 12.1 Å². The van der Waals surface area contributed by atoms with Crippen molar-refractivity contribution in [3.8, 4) is 0 Å². The number of alkyl halides is 3. The van der Waals surface area contributed by atoms with Gasteiger partial charge in [0.15, 0.2) is 0 Å². The van der Waals surface area contributed by atoms with Crippen LogP contribution in [0.25, 0.3) is 10.8 Å². The van der Waals surface area contributed by atoms with E-state index in [4.69, 9.17) is 9.47 Å². The number of ether oxygens (including phenoxy) is 2. The van der Waals surface area contributed by atoms with Crippen LogP contribution >= 0.6 is 0 Å². The van der Waals surface area contributed by atoms with Gasteiger partial charge in [-0.25, -0.2) is 9.59 Å². The van der Waals surface area contributed by atoms with E-state index in [-0.39, 0.29) is 36.9 Å². The van der Waals surface area contributed by atoms with Gasteiger partial charge in [-0.15, -0.1) is 0 Å². The molecular formula is C26H31F3N2O5. The fourth-order valence-electron chi connectivity index (χ4n) is 4.44. The standard InChI is InChI=1S/C26H31F3N2O5/c1-25(2,3)36-24(34)30-20-14-17-8-6-5-7-16(17)13-19(20)22(32)31-21(23(33)35-4)15-9-11-18(12-10-15)26(27,28)29/h5-8,13-15,18,21H,9-12H2,1-4H3,(H,30,34)(H,31,32). The van der Waals surface area contributed by atoms with Crippen molar-refractivity contribution < 1.29 is 37.0 Å². The van der Waals surface area contributed by atoms with E-state index < -0.39 is 47.6 Å². The van der Waals surface area contributed by atoms with Gasteiger partial charge in [-0.05, 0) is 75.3 Å². The van der Waals surface area contributed by atoms with Gasteiger partial charge in [0.2, 0.25) is 0 Å². The van der Waals surface area contributed by atoms with Crippen LogP contribution in [0.4, 0.5) is 23.7 Å². The second kappa shape index (κ2) is 10.8. The quantitative estimate of drug-likeness (QED) is 0.496. The lowest BCUT2D eigenvalue weighted by molar-refractivity contribution is -0.184. The Labute approximate surface area is 207 Å². The van der Waals surface area contributed by atoms with E-state index in [9.17, 15) is 27.6 Å². The van der Waals surface area contributed by atoms with E-state index in [0.717, 1.165) is 17.9 Å². The molecule has 0 heterocycles. The van der Waals surface area contributed by atoms with Crippen molar-refractivity contribution in [2.24, 2.45) is 11.8 Å². The highest BCUT2D eigenvalue weighted by Crippen LogP contribution is 2.40. The largest absolute Gasteiger partial charge is 0.467 e. The number of fused-ring (bicyclic) bond motifs is 1. The molecule has 2 aromatic carbocycles. The van der Waals surface area contributed by atoms with Crippen LogP contribution in [0.15, 0.2) is 36.4 Å². The van der Waals surface area contributed by atoms with Gasteiger partial charge in [-0.2, -0.15) is 13.2 Å². The van der Waals surface area contributed by atoms with Crippen molar-refractivity contribution in [3.05, 3.63) is 42.0 Å². The summed E-state index contributed by atoms with van der Waals surface area (Å²) in [5, 5.41) is 6.72. The molecule has 2 N–H and O–H groups in total. The molecule has 1 aliphatic carbocycles. The SMILES string of the molecule is COC(=O)C(NC(=O)c1cc2ccccc2cc1NC(=O)OC(C)(C)C)C1CCC(C(F)(F)F)CC1. The molecule has 0 aliphatic heterocycles. The molecule has 0 saturated heterocycles. The maximum Gasteiger partial charge on any atom is 0.412 e. The minimum atomic E-state index is -4.29. The molecule has 1 atom stereocenters. The first-order chi connectivity index (χ1) is 16.8. The van der Waals surface area contributed by atoms with Crippen molar-refractivity contribution in [1.82, 2.24) is 5.32 Å². The third kappa shape index (κ3) is 6.89. The zero-order chi connectivity index (χ0) is 26.7. The Bertz CT molecular complexity index is 1120. The van der Waals surface area contributed by atoms with Crippen LogP contribution in [0.3, 0.4) is 0 Å². The molecule has 0 bridgehead atoms. The highest BCUT2D eigenvalue weighted by molar-refractivity contribution is 6.07. The van der Waals surface area contributed by atoms with Crippen LogP contribution in [-0.4, -0.2) is 42.9 Å². The molecule has 36 heavy (non-hydrogen) atoms. The molecule has 0 aromatic heterocycles. The normalized spacial score (nSPS) is 19.3. The molecule has 1 saturated carbocycles. The molecule has 1 aliphatic rings. The third-order valence-electron chi connectivity index (χ3n) is 6.21. The van der Waals surface area contributed by atoms with Crippen molar-refractivity contribution in [3.63, 3.8) is 0 Å². The highest BCUT2D eigenvalue weighted by Gasteiger charge is 2.44. The first kappa shape index (κ1) is 27.3. The smallest absolute Gasteiger partial charge is 0.412 e. The summed E-state index contributed by atoms with van der Waals surface area (Å²) < 4.78 is 49.5. The summed E-state index contributed by atoms with van der Waals surface area (Å²) in [5.74, 6) is -3.34. The number of rotatable bonds is 5. The van der Waals surface area contributed by atoms with E-state index in [2.05, 4.69) is 10.6 Å². The minimum absolute atomic E-state index is 0.0810. The third-order valence-corrected chi connectivity index (χ3v) is 6.21. The fraction of sp³-hybridized carbons (Fsp3) is 0.500. The molecule has 1 fully saturated rings. The van der Waals surface area contributed by atoms with E-state index in [0.29, 0.717) is 0 Å². The Kier molecular flexibility index (Phi) is 8.15. The summed E-state index contributed by atoms with van der Waals surface area (Å²) >= 11 is 0. The van der Waals surface area contributed by atoms with E-state index in [1.165, 1.54) is 0 Å². The molecule has 1 unspecified atom stereocenters. The highest BCUT2D eigenvalue weighted by atomic mass is 19.4. The topological polar surface area (TPSA) is 93.7 Å². The number of hydrogen-bond donors (Lipinski definition) is 2. The van der Waals surface area contributed by atoms with Gasteiger partial charge in [-0.3, -0.25) is 10.1 Å². The number of anilines is 1. The fourth-order valence-corrected chi connectivity index (χ4v) is 4.44. The Morgan fingerprint density at radius 3 is 2.08 bits per heavy atom. The zero-order valence-electron chi connectivity index (χ0n) is 20.7. The number of halogens is 3. The van der Waals surface area contributed by atoms with Gasteiger partial charge in [0.25, 0.3) is 5.91 Å². The van der Waals surface area contributed by atoms with Crippen LogP contribution in [0.1, 0.15) is 56.8 Å². The minimum Gasteiger partial charge on any atom is -0.467 e. The molecule has 10 heteroatoms. The molecule has 196 valence electrons. The van der Waals surface area contributed by atoms with Crippen molar-refractivity contribution in [2.75, 3.05) is 12.4 Å². The summed E-state index contributed by atoms with van der Waals surface area (Å²) in [6, 6.07) is 9.28. The molecular weight excluding hydrogens is 477 g/mol. The molecule has 2 aromatic rings. The first-order valence-corrected chi connectivity index (χ1v) is 11.8. The van der Waals surface area contributed by atoms with Gasteiger partial charge in [-0.1, -0.05) is 24.3 Å². The van der Waals surface area contributed by atoms with Crippen LogP contribution in [-0.2, 0) is 14.3 Å². The summed E-state index contributed by atoms with van der Waals surface area (Å²) in [4.78, 5) is 38.4. The molecule has 0 radical (unpaired) electrons. The van der Waals surface area contributed by atoms with Crippen molar-refractivity contribution in [2.45, 2.75) is 64.3 Å². The summed E-state index contributed by atoms with van der Waals surface area (Å²) in [6.07, 6.45) is -5.07. The lowest BCUT2D eigenvalue weighted by Crippen LogP contribution is -2.48. The number of carbonyl (C=O) groups excluding carboxylic acids is 3. The number of benzene rings is 2. The summed E-state index contributed by atoms with van der Waals surface area (Å²) in [5.41, 5.74) is -0.517. The van der Waals surface area contributed by atoms with Crippen LogP contribution < -0.4 is 10.6 Å². The van der Waals surface area contributed by atoms with Gasteiger partial charge in [0, 0.05) is 0 Å². The Balaban J connectivity index is 1.88. The molecule has 0 spiro atoms. The predicted molar refractivity (Wildman–Crippen MR) is 129 cm³/mol. The van der Waals surface area contributed by atoms with Crippen LogP contribution in [0.2, 0.25) is 0 Å². The Hall–Kier alpha value is -3.30. The first-order valence-electron chi connectivity index (χ1n) is 11.8. The Morgan fingerprint density at radius 1 is 0.972 bits per heavy atom. The number of hydrogen-bond acceptors (Lipinski definition) is 5. The van der Waals surface area contributed by atoms with Gasteiger partial charge < -0.3 is 14.8 Å². The second-order valence-electron chi connectivity index (χ2n) is 10.00. The van der Waals surface area contributed by atoms with Gasteiger partial charge in [0.1, 0.15) is 11.6 Å². The summed E-state index contributed by atoms with van der Waals surface area (Å²) in [7, 11) is 1.16. The van der Waals surface area contributed by atoms with E-state index in [1.54, 1.807) is 45.0 Å². The monoisotopic (exact) mass is 508 g/mol. The van der Waals surface area contributed by atoms with Gasteiger partial charge >= 0.3 is 18.2 Å². The molecule has 7 nitrogen and oxygen atoms in total. The number of methoxy groups -OCH3 is 1. The number of carbonyl (C=O) groups is 3. The lowest BCUT2D eigenvalue weighted by atomic mass is 9.78. The number of amides is 2. The van der Waals surface area contributed by atoms with Crippen LogP contribution in [0, 0.1) is 11.8 Å². The van der Waals surface area contributed by atoms with Crippen molar-refractivity contribution >= 4 is 34.4 Å². The Morgan fingerprint density at radius 2 is 1.56 bits per heavy atom. The molecule has 2 amide bonds. The average molecular weight is 509 g/mol. The van der Waals surface area contributed by atoms with E-state index >= 15 is 0 Å².